The Balaban J connectivity index is 1.47. The maximum atomic E-state index is 13.4. The highest BCUT2D eigenvalue weighted by atomic mass is 16.2. The van der Waals surface area contributed by atoms with E-state index in [1.807, 2.05) is 28.0 Å². The second kappa shape index (κ2) is 6.93. The molecule has 2 amide bonds. The Bertz CT molecular complexity index is 1080. The smallest absolute Gasteiger partial charge is 0.275 e. The highest BCUT2D eigenvalue weighted by Gasteiger charge is 2.60. The third kappa shape index (κ3) is 2.78. The zero-order chi connectivity index (χ0) is 21.0. The number of hydrogen-bond donors (Lipinski definition) is 0. The van der Waals surface area contributed by atoms with Crippen LogP contribution in [0.3, 0.4) is 0 Å². The van der Waals surface area contributed by atoms with E-state index >= 15 is 0 Å². The van der Waals surface area contributed by atoms with Crippen LogP contribution in [0.1, 0.15) is 46.0 Å². The van der Waals surface area contributed by atoms with Gasteiger partial charge in [-0.1, -0.05) is 38.0 Å². The number of fused-ring (bicyclic) bond motifs is 2. The molecular weight excluding hydrogens is 380 g/mol. The standard InChI is InChI=1S/C23H28N4O3/c1-15(28)27-17-11-23(2)19(9-5-6-10-20(23)27)25(13-17)21(29)14-26-22(30)18-8-4-3-7-16(18)12-24-26/h3-4,7-8,12,17,19-20H,5-6,9-11,13-14H2,1-2H3/t17-,19+,20-,23+/m0/s1. The molecule has 0 N–H and O–H groups in total. The van der Waals surface area contributed by atoms with Crippen molar-refractivity contribution in [1.29, 1.82) is 0 Å². The molecule has 4 atom stereocenters. The molecule has 7 nitrogen and oxygen atoms in total. The lowest BCUT2D eigenvalue weighted by Gasteiger charge is -2.46. The monoisotopic (exact) mass is 408 g/mol. The van der Waals surface area contributed by atoms with Crippen molar-refractivity contribution in [1.82, 2.24) is 19.6 Å². The molecule has 2 aromatic rings. The second-order valence-electron chi connectivity index (χ2n) is 9.35. The van der Waals surface area contributed by atoms with E-state index in [0.29, 0.717) is 11.9 Å². The number of aromatic nitrogens is 2. The molecule has 2 aliphatic heterocycles. The van der Waals surface area contributed by atoms with Crippen LogP contribution in [0.25, 0.3) is 10.8 Å². The number of benzene rings is 1. The molecule has 30 heavy (non-hydrogen) atoms. The van der Waals surface area contributed by atoms with Crippen molar-refractivity contribution in [2.24, 2.45) is 5.41 Å². The van der Waals surface area contributed by atoms with Crippen molar-refractivity contribution in [3.8, 4) is 0 Å². The first kappa shape index (κ1) is 19.3. The van der Waals surface area contributed by atoms with Gasteiger partial charge in [-0.15, -0.1) is 0 Å². The average molecular weight is 409 g/mol. The van der Waals surface area contributed by atoms with Crippen LogP contribution in [-0.2, 0) is 16.1 Å². The average Bonchev–Trinajstić information content (AvgIpc) is 2.84. The van der Waals surface area contributed by atoms with Crippen molar-refractivity contribution in [2.45, 2.75) is 70.6 Å². The number of carbonyl (C=O) groups excluding carboxylic acids is 2. The van der Waals surface area contributed by atoms with E-state index in [0.717, 1.165) is 37.5 Å². The Morgan fingerprint density at radius 2 is 1.90 bits per heavy atom. The third-order valence-corrected chi connectivity index (χ3v) is 7.65. The molecule has 0 unspecified atom stereocenters. The summed E-state index contributed by atoms with van der Waals surface area (Å²) in [5.41, 5.74) is -0.320. The molecule has 0 radical (unpaired) electrons. The van der Waals surface area contributed by atoms with Crippen LogP contribution in [0.2, 0.25) is 0 Å². The summed E-state index contributed by atoms with van der Waals surface area (Å²) in [5.74, 6) is 0.0305. The van der Waals surface area contributed by atoms with Crippen LogP contribution in [0.5, 0.6) is 0 Å². The number of amides is 2. The normalized spacial score (nSPS) is 30.4. The maximum Gasteiger partial charge on any atom is 0.275 e. The van der Waals surface area contributed by atoms with E-state index in [2.05, 4.69) is 12.0 Å². The van der Waals surface area contributed by atoms with Gasteiger partial charge in [-0.05, 0) is 25.3 Å². The first-order valence-electron chi connectivity index (χ1n) is 10.9. The summed E-state index contributed by atoms with van der Waals surface area (Å²) < 4.78 is 1.28. The summed E-state index contributed by atoms with van der Waals surface area (Å²) in [4.78, 5) is 42.7. The minimum absolute atomic E-state index is 0.0618. The molecule has 3 aliphatic rings. The van der Waals surface area contributed by atoms with E-state index in [-0.39, 0.29) is 47.5 Å². The summed E-state index contributed by atoms with van der Waals surface area (Å²) in [7, 11) is 0. The Kier molecular flexibility index (Phi) is 4.45. The summed E-state index contributed by atoms with van der Waals surface area (Å²) in [5, 5.41) is 5.59. The molecule has 5 rings (SSSR count). The lowest BCUT2D eigenvalue weighted by atomic mass is 9.71. The van der Waals surface area contributed by atoms with Gasteiger partial charge in [-0.2, -0.15) is 5.10 Å². The van der Waals surface area contributed by atoms with Crippen molar-refractivity contribution in [2.75, 3.05) is 6.54 Å². The fourth-order valence-corrected chi connectivity index (χ4v) is 6.38. The maximum absolute atomic E-state index is 13.4. The van der Waals surface area contributed by atoms with Gasteiger partial charge in [-0.25, -0.2) is 4.68 Å². The van der Waals surface area contributed by atoms with Crippen molar-refractivity contribution >= 4 is 22.6 Å². The largest absolute Gasteiger partial charge is 0.335 e. The number of rotatable bonds is 2. The van der Waals surface area contributed by atoms with Crippen LogP contribution in [0.4, 0.5) is 0 Å². The Labute approximate surface area is 175 Å². The van der Waals surface area contributed by atoms with Gasteiger partial charge in [0.15, 0.2) is 0 Å². The van der Waals surface area contributed by atoms with Gasteiger partial charge in [0.1, 0.15) is 6.54 Å². The van der Waals surface area contributed by atoms with Crippen LogP contribution in [0.15, 0.2) is 35.3 Å². The van der Waals surface area contributed by atoms with E-state index in [1.165, 1.54) is 4.68 Å². The summed E-state index contributed by atoms with van der Waals surface area (Å²) in [6, 6.07) is 7.68. The number of piperidine rings is 1. The summed E-state index contributed by atoms with van der Waals surface area (Å²) in [6.45, 7) is 4.39. The molecule has 2 saturated heterocycles. The zero-order valence-electron chi connectivity index (χ0n) is 17.6. The van der Waals surface area contributed by atoms with Crippen LogP contribution >= 0.6 is 0 Å². The molecule has 1 aromatic heterocycles. The van der Waals surface area contributed by atoms with Gasteiger partial charge in [0.25, 0.3) is 5.56 Å². The Morgan fingerprint density at radius 1 is 1.17 bits per heavy atom. The molecule has 1 aliphatic carbocycles. The van der Waals surface area contributed by atoms with Crippen LogP contribution in [-0.4, -0.2) is 56.1 Å². The van der Waals surface area contributed by atoms with Gasteiger partial charge in [0.05, 0.1) is 17.6 Å². The molecule has 1 saturated carbocycles. The number of nitrogens with zero attached hydrogens (tertiary/aromatic N) is 4. The first-order valence-corrected chi connectivity index (χ1v) is 10.9. The van der Waals surface area contributed by atoms with E-state index in [1.54, 1.807) is 19.2 Å². The molecule has 3 fully saturated rings. The highest BCUT2D eigenvalue weighted by Crippen LogP contribution is 2.53. The lowest BCUT2D eigenvalue weighted by molar-refractivity contribution is -0.140. The number of likely N-dealkylation sites (tertiary alicyclic amines) is 2. The first-order chi connectivity index (χ1) is 14.4. The Morgan fingerprint density at radius 3 is 2.67 bits per heavy atom. The van der Waals surface area contributed by atoms with Gasteiger partial charge >= 0.3 is 0 Å². The van der Waals surface area contributed by atoms with Crippen molar-refractivity contribution in [3.05, 3.63) is 40.8 Å². The summed E-state index contributed by atoms with van der Waals surface area (Å²) in [6.07, 6.45) is 6.71. The predicted molar refractivity (Wildman–Crippen MR) is 113 cm³/mol. The lowest BCUT2D eigenvalue weighted by Crippen LogP contribution is -2.56. The number of carbonyl (C=O) groups is 2. The SMILES string of the molecule is CC(=O)N1[C@@H]2CN(C(=O)Cn3ncc4ccccc4c3=O)[C@@H]3CCCC[C@H]1[C@]3(C)C2. The molecule has 1 aromatic carbocycles. The van der Waals surface area contributed by atoms with Crippen LogP contribution in [0, 0.1) is 5.41 Å². The topological polar surface area (TPSA) is 75.5 Å². The van der Waals surface area contributed by atoms with E-state index < -0.39 is 0 Å². The van der Waals surface area contributed by atoms with Crippen molar-refractivity contribution in [3.63, 3.8) is 0 Å². The molecule has 3 heterocycles. The van der Waals surface area contributed by atoms with Gasteiger partial charge in [-0.3, -0.25) is 14.4 Å². The van der Waals surface area contributed by atoms with Crippen LogP contribution < -0.4 is 5.56 Å². The molecule has 158 valence electrons. The van der Waals surface area contributed by atoms with E-state index in [9.17, 15) is 14.4 Å². The highest BCUT2D eigenvalue weighted by molar-refractivity contribution is 5.81. The molecular formula is C23H28N4O3. The molecule has 2 bridgehead atoms. The zero-order valence-corrected chi connectivity index (χ0v) is 17.6. The minimum Gasteiger partial charge on any atom is -0.335 e. The quantitative estimate of drug-likeness (QED) is 0.763. The fraction of sp³-hybridized carbons (Fsp3) is 0.565. The summed E-state index contributed by atoms with van der Waals surface area (Å²) >= 11 is 0. The van der Waals surface area contributed by atoms with Gasteiger partial charge in [0, 0.05) is 36.4 Å². The second-order valence-corrected chi connectivity index (χ2v) is 9.35. The minimum atomic E-state index is -0.239. The van der Waals surface area contributed by atoms with Gasteiger partial charge < -0.3 is 9.80 Å². The fourth-order valence-electron chi connectivity index (χ4n) is 6.38. The van der Waals surface area contributed by atoms with E-state index in [4.69, 9.17) is 0 Å². The molecule has 0 spiro atoms. The van der Waals surface area contributed by atoms with Gasteiger partial charge in [0.2, 0.25) is 11.8 Å². The molecule has 7 heteroatoms. The Hall–Kier alpha value is -2.70. The third-order valence-electron chi connectivity index (χ3n) is 7.65. The van der Waals surface area contributed by atoms with Crippen molar-refractivity contribution < 1.29 is 9.59 Å². The number of hydrogen-bond acceptors (Lipinski definition) is 4. The predicted octanol–water partition coefficient (Wildman–Crippen LogP) is 2.18.